The van der Waals surface area contributed by atoms with Gasteiger partial charge in [0.1, 0.15) is 29.2 Å². The van der Waals surface area contributed by atoms with Crippen molar-refractivity contribution in [2.24, 2.45) is 10.7 Å². The SMILES string of the molecule is CN/C=C\C(N)=NC(=O)c1cc(Oc2ccc(C(=O)N3CCC3)cc2)cc(O[C@H]2CCOC2)c1. The van der Waals surface area contributed by atoms with E-state index in [0.717, 1.165) is 25.9 Å². The molecule has 9 heteroatoms. The molecular formula is C25H28N4O5. The van der Waals surface area contributed by atoms with Crippen LogP contribution in [0.25, 0.3) is 0 Å². The Hall–Kier alpha value is -3.85. The molecule has 9 nitrogen and oxygen atoms in total. The monoisotopic (exact) mass is 464 g/mol. The Bertz CT molecular complexity index is 1090. The van der Waals surface area contributed by atoms with Gasteiger partial charge in [0, 0.05) is 43.8 Å². The molecule has 0 spiro atoms. The summed E-state index contributed by atoms with van der Waals surface area (Å²) in [6.07, 6.45) is 4.78. The molecule has 0 bridgehead atoms. The first-order valence-electron chi connectivity index (χ1n) is 11.2. The number of nitrogens with zero attached hydrogens (tertiary/aromatic N) is 2. The van der Waals surface area contributed by atoms with Crippen LogP contribution in [0.3, 0.4) is 0 Å². The fourth-order valence-corrected chi connectivity index (χ4v) is 3.51. The van der Waals surface area contributed by atoms with Crippen molar-refractivity contribution in [3.8, 4) is 17.2 Å². The molecule has 2 amide bonds. The molecular weight excluding hydrogens is 436 g/mol. The van der Waals surface area contributed by atoms with Gasteiger partial charge in [-0.25, -0.2) is 0 Å². The molecule has 0 saturated carbocycles. The van der Waals surface area contributed by atoms with Gasteiger partial charge in [-0.2, -0.15) is 4.99 Å². The average molecular weight is 465 g/mol. The van der Waals surface area contributed by atoms with Crippen molar-refractivity contribution in [1.82, 2.24) is 10.2 Å². The minimum absolute atomic E-state index is 0.0163. The summed E-state index contributed by atoms with van der Waals surface area (Å²) in [6.45, 7) is 2.71. The quantitative estimate of drug-likeness (QED) is 0.456. The van der Waals surface area contributed by atoms with Crippen molar-refractivity contribution in [3.05, 3.63) is 65.9 Å². The number of nitrogens with one attached hydrogen (secondary N) is 1. The highest BCUT2D eigenvalue weighted by atomic mass is 16.5. The largest absolute Gasteiger partial charge is 0.488 e. The van der Waals surface area contributed by atoms with E-state index in [2.05, 4.69) is 10.3 Å². The molecule has 2 aliphatic rings. The van der Waals surface area contributed by atoms with E-state index >= 15 is 0 Å². The Morgan fingerprint density at radius 1 is 1.12 bits per heavy atom. The molecule has 4 rings (SSSR count). The summed E-state index contributed by atoms with van der Waals surface area (Å²) in [5.74, 6) is 0.968. The van der Waals surface area contributed by atoms with E-state index in [4.69, 9.17) is 19.9 Å². The van der Waals surface area contributed by atoms with E-state index in [-0.39, 0.29) is 23.4 Å². The molecule has 2 fully saturated rings. The van der Waals surface area contributed by atoms with Crippen molar-refractivity contribution in [2.75, 3.05) is 33.4 Å². The first kappa shape index (κ1) is 23.3. The van der Waals surface area contributed by atoms with Crippen LogP contribution in [0, 0.1) is 0 Å². The zero-order valence-electron chi connectivity index (χ0n) is 19.0. The Morgan fingerprint density at radius 3 is 2.53 bits per heavy atom. The highest BCUT2D eigenvalue weighted by Crippen LogP contribution is 2.30. The van der Waals surface area contributed by atoms with Crippen molar-refractivity contribution in [2.45, 2.75) is 18.9 Å². The maximum absolute atomic E-state index is 12.7. The van der Waals surface area contributed by atoms with Gasteiger partial charge in [-0.15, -0.1) is 0 Å². The van der Waals surface area contributed by atoms with Gasteiger partial charge < -0.3 is 30.2 Å². The second kappa shape index (κ2) is 10.8. The lowest BCUT2D eigenvalue weighted by atomic mass is 10.1. The number of likely N-dealkylation sites (tertiary alicyclic amines) is 1. The first-order chi connectivity index (χ1) is 16.5. The third kappa shape index (κ3) is 5.93. The van der Waals surface area contributed by atoms with E-state index in [1.54, 1.807) is 60.6 Å². The summed E-state index contributed by atoms with van der Waals surface area (Å²) in [6, 6.07) is 11.8. The lowest BCUT2D eigenvalue weighted by Gasteiger charge is -2.30. The molecule has 2 aromatic rings. The maximum atomic E-state index is 12.7. The summed E-state index contributed by atoms with van der Waals surface area (Å²) in [5.41, 5.74) is 6.68. The van der Waals surface area contributed by atoms with E-state index < -0.39 is 5.91 Å². The number of hydrogen-bond donors (Lipinski definition) is 2. The van der Waals surface area contributed by atoms with Crippen LogP contribution >= 0.6 is 0 Å². The highest BCUT2D eigenvalue weighted by molar-refractivity contribution is 6.06. The molecule has 2 saturated heterocycles. The van der Waals surface area contributed by atoms with Crippen LogP contribution in [0.4, 0.5) is 0 Å². The summed E-state index contributed by atoms with van der Waals surface area (Å²) in [7, 11) is 1.72. The van der Waals surface area contributed by atoms with Gasteiger partial charge in [-0.05, 0) is 55.1 Å². The third-order valence-corrected chi connectivity index (χ3v) is 5.45. The smallest absolute Gasteiger partial charge is 0.279 e. The van der Waals surface area contributed by atoms with Gasteiger partial charge in [0.2, 0.25) is 0 Å². The molecule has 2 aromatic carbocycles. The van der Waals surface area contributed by atoms with Crippen LogP contribution in [0.1, 0.15) is 33.6 Å². The predicted molar refractivity (Wildman–Crippen MR) is 127 cm³/mol. The first-order valence-corrected chi connectivity index (χ1v) is 11.2. The minimum Gasteiger partial charge on any atom is -0.488 e. The topological polar surface area (TPSA) is 115 Å². The fraction of sp³-hybridized carbons (Fsp3) is 0.320. The Balaban J connectivity index is 1.55. The number of rotatable bonds is 8. The van der Waals surface area contributed by atoms with E-state index in [9.17, 15) is 9.59 Å². The molecule has 178 valence electrons. The van der Waals surface area contributed by atoms with Crippen molar-refractivity contribution < 1.29 is 23.8 Å². The van der Waals surface area contributed by atoms with Crippen LogP contribution in [0.5, 0.6) is 17.2 Å². The van der Waals surface area contributed by atoms with Gasteiger partial charge in [-0.1, -0.05) is 0 Å². The molecule has 1 atom stereocenters. The number of nitrogens with two attached hydrogens (primary N) is 1. The van der Waals surface area contributed by atoms with Gasteiger partial charge in [0.25, 0.3) is 11.8 Å². The summed E-state index contributed by atoms with van der Waals surface area (Å²) in [4.78, 5) is 30.8. The second-order valence-electron chi connectivity index (χ2n) is 8.03. The second-order valence-corrected chi connectivity index (χ2v) is 8.03. The summed E-state index contributed by atoms with van der Waals surface area (Å²) < 4.78 is 17.4. The van der Waals surface area contributed by atoms with Crippen LogP contribution in [0.15, 0.2) is 59.7 Å². The van der Waals surface area contributed by atoms with Gasteiger partial charge in [0.15, 0.2) is 0 Å². The zero-order chi connectivity index (χ0) is 23.9. The molecule has 0 aromatic heterocycles. The molecule has 3 N–H and O–H groups in total. The van der Waals surface area contributed by atoms with E-state index in [0.29, 0.717) is 36.0 Å². The number of carbonyl (C=O) groups is 2. The van der Waals surface area contributed by atoms with Crippen LogP contribution in [-0.2, 0) is 4.74 Å². The molecule has 0 aliphatic carbocycles. The average Bonchev–Trinajstić information content (AvgIpc) is 3.30. The number of benzene rings is 2. The molecule has 34 heavy (non-hydrogen) atoms. The number of carbonyl (C=O) groups excluding carboxylic acids is 2. The zero-order valence-corrected chi connectivity index (χ0v) is 19.0. The van der Waals surface area contributed by atoms with Crippen molar-refractivity contribution >= 4 is 17.6 Å². The molecule has 0 unspecified atom stereocenters. The number of amidine groups is 1. The van der Waals surface area contributed by atoms with Crippen molar-refractivity contribution in [1.29, 1.82) is 0 Å². The van der Waals surface area contributed by atoms with Crippen molar-refractivity contribution in [3.63, 3.8) is 0 Å². The Kier molecular flexibility index (Phi) is 7.44. The normalized spacial score (nSPS) is 18.0. The summed E-state index contributed by atoms with van der Waals surface area (Å²) in [5, 5.41) is 2.79. The number of aliphatic imine (C=N–C) groups is 1. The lowest BCUT2D eigenvalue weighted by Crippen LogP contribution is -2.41. The Labute approximate surface area is 198 Å². The van der Waals surface area contributed by atoms with Gasteiger partial charge >= 0.3 is 0 Å². The number of hydrogen-bond acceptors (Lipinski definition) is 6. The third-order valence-electron chi connectivity index (χ3n) is 5.45. The fourth-order valence-electron chi connectivity index (χ4n) is 3.51. The molecule has 0 radical (unpaired) electrons. The minimum atomic E-state index is -0.522. The standard InChI is InChI=1S/C25H28N4O5/c1-27-9-7-23(26)28-24(30)18-13-21(15-22(14-18)34-20-8-12-32-16-20)33-19-5-3-17(4-6-19)25(31)29-10-2-11-29/h3-7,9,13-15,20,27H,2,8,10-12,16H2,1H3,(H2,26,28,30)/b9-7-/t20-/m0/s1. The van der Waals surface area contributed by atoms with Gasteiger partial charge in [-0.3, -0.25) is 9.59 Å². The lowest BCUT2D eigenvalue weighted by molar-refractivity contribution is 0.0651. The van der Waals surface area contributed by atoms with E-state index in [1.165, 1.54) is 6.08 Å². The van der Waals surface area contributed by atoms with Gasteiger partial charge in [0.05, 0.1) is 13.2 Å². The predicted octanol–water partition coefficient (Wildman–Crippen LogP) is 2.72. The number of ether oxygens (including phenoxy) is 3. The molecule has 2 aliphatic heterocycles. The van der Waals surface area contributed by atoms with E-state index in [1.807, 2.05) is 0 Å². The van der Waals surface area contributed by atoms with Crippen LogP contribution < -0.4 is 20.5 Å². The Morgan fingerprint density at radius 2 is 1.88 bits per heavy atom. The van der Waals surface area contributed by atoms with Crippen LogP contribution in [-0.4, -0.2) is 62.0 Å². The molecule has 2 heterocycles. The number of amides is 2. The highest BCUT2D eigenvalue weighted by Gasteiger charge is 2.22. The summed E-state index contributed by atoms with van der Waals surface area (Å²) >= 11 is 0. The maximum Gasteiger partial charge on any atom is 0.279 e. The van der Waals surface area contributed by atoms with Crippen LogP contribution in [0.2, 0.25) is 0 Å².